The summed E-state index contributed by atoms with van der Waals surface area (Å²) in [5.74, 6) is 1.60. The van der Waals surface area contributed by atoms with Crippen molar-refractivity contribution in [3.63, 3.8) is 0 Å². The Kier molecular flexibility index (Phi) is 4.97. The predicted octanol–water partition coefficient (Wildman–Crippen LogP) is 4.87. The maximum atomic E-state index is 6.45. The fourth-order valence-corrected chi connectivity index (χ4v) is 4.15. The lowest BCUT2D eigenvalue weighted by Crippen LogP contribution is -2.12. The minimum atomic E-state index is -0.0829. The fraction of sp³-hybridized carbons (Fsp3) is 0.269. The van der Waals surface area contributed by atoms with E-state index in [4.69, 9.17) is 15.8 Å². The van der Waals surface area contributed by atoms with Gasteiger partial charge in [0.1, 0.15) is 11.5 Å². The van der Waals surface area contributed by atoms with E-state index in [0.717, 1.165) is 49.9 Å². The van der Waals surface area contributed by atoms with Gasteiger partial charge in [-0.15, -0.1) is 0 Å². The lowest BCUT2D eigenvalue weighted by atomic mass is 9.92. The molecule has 3 aromatic heterocycles. The Morgan fingerprint density at radius 1 is 1.00 bits per heavy atom. The number of benzene rings is 2. The van der Waals surface area contributed by atoms with E-state index in [1.54, 1.807) is 0 Å². The van der Waals surface area contributed by atoms with Crippen molar-refractivity contribution in [2.45, 2.75) is 33.1 Å². The summed E-state index contributed by atoms with van der Waals surface area (Å²) in [5, 5.41) is 9.45. The number of hydrogen-bond acceptors (Lipinski definition) is 7. The molecule has 0 saturated heterocycles. The van der Waals surface area contributed by atoms with Crippen molar-refractivity contribution < 1.29 is 0 Å². The summed E-state index contributed by atoms with van der Waals surface area (Å²) in [5.41, 5.74) is 13.0. The number of nitrogens with one attached hydrogen (secondary N) is 1. The highest BCUT2D eigenvalue weighted by Crippen LogP contribution is 2.35. The minimum Gasteiger partial charge on any atom is -0.383 e. The van der Waals surface area contributed by atoms with Crippen LogP contribution >= 0.6 is 0 Å². The van der Waals surface area contributed by atoms with Crippen LogP contribution in [-0.2, 0) is 12.5 Å². The van der Waals surface area contributed by atoms with Crippen LogP contribution in [0.1, 0.15) is 32.0 Å². The van der Waals surface area contributed by atoms with E-state index in [1.807, 2.05) is 43.2 Å². The van der Waals surface area contributed by atoms with E-state index in [2.05, 4.69) is 66.2 Å². The molecule has 0 fully saturated rings. The van der Waals surface area contributed by atoms with Crippen LogP contribution in [0.15, 0.2) is 42.6 Å². The maximum Gasteiger partial charge on any atom is 0.222 e. The molecular weight excluding hydrogens is 424 g/mol. The van der Waals surface area contributed by atoms with Crippen molar-refractivity contribution in [1.82, 2.24) is 29.7 Å². The van der Waals surface area contributed by atoms with Crippen molar-refractivity contribution in [2.75, 3.05) is 18.1 Å². The first kappa shape index (κ1) is 21.8. The number of hydrogen-bond donors (Lipinski definition) is 2. The number of fused-ring (bicyclic) bond motifs is 2. The summed E-state index contributed by atoms with van der Waals surface area (Å²) in [6.07, 6.45) is 1.83. The molecule has 0 saturated carbocycles. The highest BCUT2D eigenvalue weighted by molar-refractivity contribution is 6.02. The van der Waals surface area contributed by atoms with Crippen LogP contribution in [0.25, 0.3) is 44.5 Å². The Labute approximate surface area is 198 Å². The maximum absolute atomic E-state index is 6.45. The molecule has 5 aromatic rings. The van der Waals surface area contributed by atoms with Gasteiger partial charge in [-0.3, -0.25) is 4.68 Å². The minimum absolute atomic E-state index is 0.0829. The molecule has 0 amide bonds. The highest BCUT2D eigenvalue weighted by Gasteiger charge is 2.22. The molecule has 2 aromatic carbocycles. The van der Waals surface area contributed by atoms with Crippen LogP contribution in [0.5, 0.6) is 0 Å². The third-order valence-electron chi connectivity index (χ3n) is 6.08. The Bertz CT molecular complexity index is 1560. The van der Waals surface area contributed by atoms with Crippen LogP contribution in [0, 0.1) is 6.92 Å². The molecule has 5 rings (SSSR count). The number of aromatic nitrogens is 6. The van der Waals surface area contributed by atoms with Gasteiger partial charge in [0.25, 0.3) is 0 Å². The Balaban J connectivity index is 1.74. The molecule has 0 spiro atoms. The highest BCUT2D eigenvalue weighted by atomic mass is 15.3. The van der Waals surface area contributed by atoms with Gasteiger partial charge >= 0.3 is 0 Å². The third kappa shape index (κ3) is 3.61. The van der Waals surface area contributed by atoms with Gasteiger partial charge in [0.15, 0.2) is 5.82 Å². The average molecular weight is 453 g/mol. The van der Waals surface area contributed by atoms with Crippen molar-refractivity contribution in [2.24, 2.45) is 7.05 Å². The summed E-state index contributed by atoms with van der Waals surface area (Å²) in [4.78, 5) is 18.6. The van der Waals surface area contributed by atoms with Crippen LogP contribution < -0.4 is 11.1 Å². The van der Waals surface area contributed by atoms with Gasteiger partial charge in [0.2, 0.25) is 5.95 Å². The van der Waals surface area contributed by atoms with Crippen LogP contribution in [-0.4, -0.2) is 36.8 Å². The Morgan fingerprint density at radius 3 is 2.50 bits per heavy atom. The van der Waals surface area contributed by atoms with Crippen LogP contribution in [0.3, 0.4) is 0 Å². The number of nitrogens with two attached hydrogens (primary N) is 1. The van der Waals surface area contributed by atoms with E-state index in [-0.39, 0.29) is 5.41 Å². The number of nitrogens with zero attached hydrogens (tertiary/aromatic N) is 6. The van der Waals surface area contributed by atoms with Gasteiger partial charge in [-0.1, -0.05) is 32.9 Å². The Hall–Kier alpha value is -4.07. The van der Waals surface area contributed by atoms with Gasteiger partial charge in [-0.05, 0) is 42.3 Å². The van der Waals surface area contributed by atoms with Crippen LogP contribution in [0.2, 0.25) is 0 Å². The van der Waals surface area contributed by atoms with E-state index in [9.17, 15) is 0 Å². The molecule has 8 nitrogen and oxygen atoms in total. The van der Waals surface area contributed by atoms with E-state index in [0.29, 0.717) is 17.6 Å². The normalized spacial score (nSPS) is 11.9. The molecule has 172 valence electrons. The predicted molar refractivity (Wildman–Crippen MR) is 138 cm³/mol. The van der Waals surface area contributed by atoms with Gasteiger partial charge < -0.3 is 11.1 Å². The van der Waals surface area contributed by atoms with E-state index in [1.165, 1.54) is 0 Å². The molecule has 0 aliphatic rings. The zero-order valence-electron chi connectivity index (χ0n) is 20.3. The zero-order valence-corrected chi connectivity index (χ0v) is 20.3. The van der Waals surface area contributed by atoms with Crippen molar-refractivity contribution in [1.29, 1.82) is 0 Å². The topological polar surface area (TPSA) is 107 Å². The van der Waals surface area contributed by atoms with Gasteiger partial charge in [0, 0.05) is 42.0 Å². The lowest BCUT2D eigenvalue weighted by molar-refractivity contribution is 0.553. The molecule has 0 aliphatic carbocycles. The lowest BCUT2D eigenvalue weighted by Gasteiger charge is -2.14. The van der Waals surface area contributed by atoms with E-state index >= 15 is 0 Å². The molecule has 3 heterocycles. The number of anilines is 2. The second kappa shape index (κ2) is 7.76. The molecule has 0 unspecified atom stereocenters. The van der Waals surface area contributed by atoms with E-state index < -0.39 is 0 Å². The molecule has 3 N–H and O–H groups in total. The van der Waals surface area contributed by atoms with Gasteiger partial charge in [-0.25, -0.2) is 19.9 Å². The molecule has 0 aliphatic heterocycles. The first-order valence-electron chi connectivity index (χ1n) is 11.2. The SMILES string of the molecule is CNc1ncc2cc(-c3c(C)ccc4c(N)nc(-c5cc(C(C)(C)C)nn5C)nc34)ccc2n1. The second-order valence-corrected chi connectivity index (χ2v) is 9.59. The molecule has 0 bridgehead atoms. The largest absolute Gasteiger partial charge is 0.383 e. The smallest absolute Gasteiger partial charge is 0.222 e. The van der Waals surface area contributed by atoms with Crippen molar-refractivity contribution in [3.05, 3.63) is 53.9 Å². The average Bonchev–Trinajstić information content (AvgIpc) is 3.20. The summed E-state index contributed by atoms with van der Waals surface area (Å²) in [6, 6.07) is 12.3. The molecular formula is C26H28N8. The summed E-state index contributed by atoms with van der Waals surface area (Å²) >= 11 is 0. The monoisotopic (exact) mass is 452 g/mol. The first-order chi connectivity index (χ1) is 16.2. The molecule has 0 radical (unpaired) electrons. The quantitative estimate of drug-likeness (QED) is 0.402. The molecule has 0 atom stereocenters. The van der Waals surface area contributed by atoms with Gasteiger partial charge in [-0.2, -0.15) is 5.10 Å². The number of aryl methyl sites for hydroxylation is 2. The van der Waals surface area contributed by atoms with Gasteiger partial charge in [0.05, 0.1) is 16.7 Å². The second-order valence-electron chi connectivity index (χ2n) is 9.59. The van der Waals surface area contributed by atoms with Crippen molar-refractivity contribution in [3.8, 4) is 22.6 Å². The number of rotatable bonds is 3. The van der Waals surface area contributed by atoms with Crippen LogP contribution in [0.4, 0.5) is 11.8 Å². The fourth-order valence-electron chi connectivity index (χ4n) is 4.15. The summed E-state index contributed by atoms with van der Waals surface area (Å²) in [6.45, 7) is 8.50. The Morgan fingerprint density at radius 2 is 1.79 bits per heavy atom. The third-order valence-corrected chi connectivity index (χ3v) is 6.08. The summed E-state index contributed by atoms with van der Waals surface area (Å²) < 4.78 is 1.82. The first-order valence-corrected chi connectivity index (χ1v) is 11.2. The zero-order chi connectivity index (χ0) is 24.2. The van der Waals surface area contributed by atoms with Crippen molar-refractivity contribution >= 4 is 33.6 Å². The molecule has 34 heavy (non-hydrogen) atoms. The standard InChI is InChI=1S/C26H28N8/c1-14-7-9-17-22(21(14)15-8-10-18-16(11-15)13-29-25(28-5)30-18)31-24(32-23(17)27)19-12-20(26(2,3)4)33-34(19)6/h7-13H,1-6H3,(H2,27,31,32)(H,28,29,30). The summed E-state index contributed by atoms with van der Waals surface area (Å²) in [7, 11) is 3.72. The molecule has 8 heteroatoms. The number of nitrogen functional groups attached to an aromatic ring is 1.